The summed E-state index contributed by atoms with van der Waals surface area (Å²) in [5.41, 5.74) is 0.978. The maximum Gasteiger partial charge on any atom is 0.266 e. The van der Waals surface area contributed by atoms with Gasteiger partial charge in [0, 0.05) is 5.69 Å². The normalized spacial score (nSPS) is 13.1. The van der Waals surface area contributed by atoms with Gasteiger partial charge in [-0.1, -0.05) is 6.07 Å². The lowest BCUT2D eigenvalue weighted by Gasteiger charge is -2.18. The summed E-state index contributed by atoms with van der Waals surface area (Å²) in [4.78, 5) is 12.2. The fraction of sp³-hybridized carbons (Fsp3) is 0.111. The molecule has 0 saturated carbocycles. The van der Waals surface area contributed by atoms with E-state index in [0.717, 1.165) is 0 Å². The summed E-state index contributed by atoms with van der Waals surface area (Å²) in [6.07, 6.45) is 1.46. The van der Waals surface area contributed by atoms with Crippen LogP contribution in [-0.4, -0.2) is 19.1 Å². The lowest BCUT2D eigenvalue weighted by molar-refractivity contribution is -0.112. The number of fused-ring (bicyclic) bond motifs is 1. The highest BCUT2D eigenvalue weighted by Gasteiger charge is 2.13. The van der Waals surface area contributed by atoms with Crippen LogP contribution >= 0.6 is 0 Å². The Balaban J connectivity index is 1.80. The molecule has 2 aromatic carbocycles. The Bertz CT molecular complexity index is 838. The Hall–Kier alpha value is -3.33. The van der Waals surface area contributed by atoms with Gasteiger partial charge in [-0.25, -0.2) is 4.39 Å². The van der Waals surface area contributed by atoms with Crippen molar-refractivity contribution < 1.29 is 18.7 Å². The Morgan fingerprint density at radius 3 is 2.54 bits per heavy atom. The van der Waals surface area contributed by atoms with Crippen molar-refractivity contribution in [1.29, 1.82) is 5.26 Å². The fourth-order valence-electron chi connectivity index (χ4n) is 2.20. The van der Waals surface area contributed by atoms with Crippen LogP contribution in [0.5, 0.6) is 11.5 Å². The first kappa shape index (κ1) is 15.6. The second kappa shape index (κ2) is 6.84. The smallest absolute Gasteiger partial charge is 0.266 e. The van der Waals surface area contributed by atoms with E-state index in [0.29, 0.717) is 36.0 Å². The first-order chi connectivity index (χ1) is 11.7. The number of rotatable bonds is 3. The van der Waals surface area contributed by atoms with E-state index in [9.17, 15) is 14.4 Å². The maximum atomic E-state index is 12.9. The molecule has 0 spiro atoms. The van der Waals surface area contributed by atoms with Crippen LogP contribution in [-0.2, 0) is 4.79 Å². The van der Waals surface area contributed by atoms with Gasteiger partial charge in [-0.3, -0.25) is 4.79 Å². The minimum Gasteiger partial charge on any atom is -0.486 e. The molecule has 1 amide bonds. The molecule has 0 saturated heterocycles. The van der Waals surface area contributed by atoms with E-state index < -0.39 is 11.7 Å². The van der Waals surface area contributed by atoms with E-state index in [4.69, 9.17) is 9.47 Å². The molecule has 1 N–H and O–H groups in total. The molecule has 3 rings (SSSR count). The van der Waals surface area contributed by atoms with Crippen LogP contribution in [0.2, 0.25) is 0 Å². The van der Waals surface area contributed by atoms with E-state index in [1.165, 1.54) is 30.3 Å². The summed E-state index contributed by atoms with van der Waals surface area (Å²) >= 11 is 0. The standard InChI is InChI=1S/C18H13FN2O3/c19-14-2-4-15(5-3-14)21-18(22)13(11-20)9-12-1-6-16-17(10-12)24-8-7-23-16/h1-6,9-10H,7-8H2,(H,21,22). The number of carbonyl (C=O) groups is 1. The Morgan fingerprint density at radius 1 is 1.12 bits per heavy atom. The summed E-state index contributed by atoms with van der Waals surface area (Å²) in [6, 6.07) is 12.3. The molecule has 0 fully saturated rings. The maximum absolute atomic E-state index is 12.9. The Kier molecular flexibility index (Phi) is 4.43. The van der Waals surface area contributed by atoms with E-state index in [-0.39, 0.29) is 5.57 Å². The minimum atomic E-state index is -0.570. The predicted octanol–water partition coefficient (Wildman–Crippen LogP) is 3.14. The first-order valence-corrected chi connectivity index (χ1v) is 7.24. The highest BCUT2D eigenvalue weighted by molar-refractivity contribution is 6.09. The van der Waals surface area contributed by atoms with Crippen LogP contribution in [0.15, 0.2) is 48.0 Å². The molecule has 0 radical (unpaired) electrons. The molecule has 1 heterocycles. The summed E-state index contributed by atoms with van der Waals surface area (Å²) in [6.45, 7) is 0.946. The zero-order valence-corrected chi connectivity index (χ0v) is 12.6. The van der Waals surface area contributed by atoms with Crippen LogP contribution in [0.3, 0.4) is 0 Å². The van der Waals surface area contributed by atoms with Gasteiger partial charge in [0.05, 0.1) is 0 Å². The number of carbonyl (C=O) groups excluding carboxylic acids is 1. The third kappa shape index (κ3) is 3.52. The Labute approximate surface area is 137 Å². The number of nitriles is 1. The molecule has 0 atom stereocenters. The second-order valence-electron chi connectivity index (χ2n) is 5.03. The highest BCUT2D eigenvalue weighted by atomic mass is 19.1. The lowest BCUT2D eigenvalue weighted by atomic mass is 10.1. The number of halogens is 1. The van der Waals surface area contributed by atoms with Gasteiger partial charge in [0.1, 0.15) is 30.7 Å². The number of nitrogens with zero attached hydrogens (tertiary/aromatic N) is 1. The van der Waals surface area contributed by atoms with Crippen molar-refractivity contribution in [2.45, 2.75) is 0 Å². The van der Waals surface area contributed by atoms with Gasteiger partial charge in [-0.05, 0) is 48.0 Å². The lowest BCUT2D eigenvalue weighted by Crippen LogP contribution is -2.15. The van der Waals surface area contributed by atoms with E-state index in [1.54, 1.807) is 18.2 Å². The molecule has 120 valence electrons. The molecule has 0 unspecified atom stereocenters. The van der Waals surface area contributed by atoms with Crippen LogP contribution in [0, 0.1) is 17.1 Å². The van der Waals surface area contributed by atoms with Gasteiger partial charge in [0.15, 0.2) is 11.5 Å². The van der Waals surface area contributed by atoms with Crippen molar-refractivity contribution in [3.63, 3.8) is 0 Å². The van der Waals surface area contributed by atoms with Crippen molar-refractivity contribution in [2.75, 3.05) is 18.5 Å². The number of amides is 1. The molecule has 1 aliphatic rings. The largest absolute Gasteiger partial charge is 0.486 e. The molecule has 24 heavy (non-hydrogen) atoms. The molecule has 5 nitrogen and oxygen atoms in total. The highest BCUT2D eigenvalue weighted by Crippen LogP contribution is 2.31. The van der Waals surface area contributed by atoms with Gasteiger partial charge < -0.3 is 14.8 Å². The van der Waals surface area contributed by atoms with Gasteiger partial charge in [0.2, 0.25) is 0 Å². The molecular formula is C18H13FN2O3. The third-order valence-electron chi connectivity index (χ3n) is 3.34. The molecule has 1 aliphatic heterocycles. The van der Waals surface area contributed by atoms with E-state index >= 15 is 0 Å². The third-order valence-corrected chi connectivity index (χ3v) is 3.34. The summed E-state index contributed by atoms with van der Waals surface area (Å²) in [7, 11) is 0. The first-order valence-electron chi connectivity index (χ1n) is 7.24. The number of anilines is 1. The molecule has 0 aliphatic carbocycles. The average molecular weight is 324 g/mol. The molecule has 0 bridgehead atoms. The minimum absolute atomic E-state index is 0.0731. The van der Waals surface area contributed by atoms with Crippen molar-refractivity contribution in [3.8, 4) is 17.6 Å². The zero-order valence-electron chi connectivity index (χ0n) is 12.6. The number of benzene rings is 2. The molecule has 6 heteroatoms. The van der Waals surface area contributed by atoms with Gasteiger partial charge in [0.25, 0.3) is 5.91 Å². The van der Waals surface area contributed by atoms with Crippen molar-refractivity contribution >= 4 is 17.7 Å². The van der Waals surface area contributed by atoms with Crippen LogP contribution < -0.4 is 14.8 Å². The van der Waals surface area contributed by atoms with E-state index in [2.05, 4.69) is 5.32 Å². The SMILES string of the molecule is N#CC(=Cc1ccc2c(c1)OCCO2)C(=O)Nc1ccc(F)cc1. The quantitative estimate of drug-likeness (QED) is 0.695. The fourth-order valence-corrected chi connectivity index (χ4v) is 2.20. The zero-order chi connectivity index (χ0) is 16.9. The van der Waals surface area contributed by atoms with E-state index in [1.807, 2.05) is 6.07 Å². The molecule has 2 aromatic rings. The monoisotopic (exact) mass is 324 g/mol. The van der Waals surface area contributed by atoms with Crippen molar-refractivity contribution in [1.82, 2.24) is 0 Å². The molecule has 0 aromatic heterocycles. The van der Waals surface area contributed by atoms with Gasteiger partial charge >= 0.3 is 0 Å². The topological polar surface area (TPSA) is 71.3 Å². The summed E-state index contributed by atoms with van der Waals surface area (Å²) in [5, 5.41) is 11.8. The average Bonchev–Trinajstić information content (AvgIpc) is 2.61. The molecular weight excluding hydrogens is 311 g/mol. The number of hydrogen-bond acceptors (Lipinski definition) is 4. The van der Waals surface area contributed by atoms with Crippen LogP contribution in [0.4, 0.5) is 10.1 Å². The predicted molar refractivity (Wildman–Crippen MR) is 86.1 cm³/mol. The van der Waals surface area contributed by atoms with Crippen molar-refractivity contribution in [2.24, 2.45) is 0 Å². The Morgan fingerprint density at radius 2 is 1.83 bits per heavy atom. The number of nitrogens with one attached hydrogen (secondary N) is 1. The second-order valence-corrected chi connectivity index (χ2v) is 5.03. The van der Waals surface area contributed by atoms with Crippen molar-refractivity contribution in [3.05, 3.63) is 59.4 Å². The summed E-state index contributed by atoms with van der Waals surface area (Å²) in [5.74, 6) is 0.234. The number of ether oxygens (including phenoxy) is 2. The summed E-state index contributed by atoms with van der Waals surface area (Å²) < 4.78 is 23.8. The van der Waals surface area contributed by atoms with Gasteiger partial charge in [-0.15, -0.1) is 0 Å². The number of hydrogen-bond donors (Lipinski definition) is 1. The van der Waals surface area contributed by atoms with Gasteiger partial charge in [-0.2, -0.15) is 5.26 Å². The van der Waals surface area contributed by atoms with Crippen LogP contribution in [0.1, 0.15) is 5.56 Å². The van der Waals surface area contributed by atoms with Crippen LogP contribution in [0.25, 0.3) is 6.08 Å².